The molecule has 0 radical (unpaired) electrons. The minimum Gasteiger partial charge on any atom is -0.288 e. The molecule has 0 saturated carbocycles. The Kier molecular flexibility index (Phi) is 3.39. The summed E-state index contributed by atoms with van der Waals surface area (Å²) in [6, 6.07) is 2.06. The molecule has 2 aromatic heterocycles. The Bertz CT molecular complexity index is 491. The van der Waals surface area contributed by atoms with Crippen LogP contribution in [0.15, 0.2) is 29.1 Å². The van der Waals surface area contributed by atoms with Crippen molar-refractivity contribution in [3.05, 3.63) is 40.5 Å². The quantitative estimate of drug-likeness (QED) is 0.863. The van der Waals surface area contributed by atoms with Crippen LogP contribution < -0.4 is 0 Å². The van der Waals surface area contributed by atoms with Crippen LogP contribution in [0.25, 0.3) is 5.82 Å². The van der Waals surface area contributed by atoms with Crippen LogP contribution in [0.4, 0.5) is 0 Å². The van der Waals surface area contributed by atoms with E-state index in [1.165, 1.54) is 5.56 Å². The van der Waals surface area contributed by atoms with E-state index in [0.29, 0.717) is 0 Å². The van der Waals surface area contributed by atoms with Crippen LogP contribution in [0.1, 0.15) is 24.7 Å². The van der Waals surface area contributed by atoms with Gasteiger partial charge in [0.25, 0.3) is 0 Å². The predicted molar refractivity (Wildman–Crippen MR) is 67.8 cm³/mol. The number of hydrogen-bond acceptors (Lipinski definition) is 2. The normalized spacial score (nSPS) is 10.7. The first kappa shape index (κ1) is 11.3. The summed E-state index contributed by atoms with van der Waals surface area (Å²) in [4.78, 5) is 8.75. The fraction of sp³-hybridized carbons (Fsp3) is 0.333. The molecular weight excluding hydrogens is 266 g/mol. The van der Waals surface area contributed by atoms with E-state index >= 15 is 0 Å². The van der Waals surface area contributed by atoms with Crippen molar-refractivity contribution in [1.29, 1.82) is 0 Å². The summed E-state index contributed by atoms with van der Waals surface area (Å²) in [7, 11) is 0. The fourth-order valence-corrected chi connectivity index (χ4v) is 1.82. The van der Waals surface area contributed by atoms with Crippen LogP contribution in [-0.2, 0) is 6.42 Å². The highest BCUT2D eigenvalue weighted by Gasteiger charge is 2.06. The molecule has 0 unspecified atom stereocenters. The Morgan fingerprint density at radius 3 is 2.88 bits per heavy atom. The van der Waals surface area contributed by atoms with Crippen molar-refractivity contribution in [2.24, 2.45) is 0 Å². The van der Waals surface area contributed by atoms with Crippen LogP contribution in [0.2, 0.25) is 0 Å². The number of imidazole rings is 1. The Labute approximate surface area is 104 Å². The Balaban J connectivity index is 2.42. The lowest BCUT2D eigenvalue weighted by Gasteiger charge is -2.07. The van der Waals surface area contributed by atoms with Gasteiger partial charge in [0, 0.05) is 29.5 Å². The second kappa shape index (κ2) is 4.78. The smallest absolute Gasteiger partial charge is 0.138 e. The molecule has 0 fully saturated rings. The second-order valence-corrected chi connectivity index (χ2v) is 4.61. The van der Waals surface area contributed by atoms with Gasteiger partial charge in [0.2, 0.25) is 0 Å². The van der Waals surface area contributed by atoms with Gasteiger partial charge in [0.15, 0.2) is 0 Å². The maximum Gasteiger partial charge on any atom is 0.138 e. The average molecular weight is 280 g/mol. The molecule has 2 rings (SSSR count). The minimum absolute atomic E-state index is 0.932. The first-order valence-corrected chi connectivity index (χ1v) is 6.16. The zero-order valence-corrected chi connectivity index (χ0v) is 11.0. The largest absolute Gasteiger partial charge is 0.288 e. The zero-order chi connectivity index (χ0) is 11.5. The highest BCUT2D eigenvalue weighted by molar-refractivity contribution is 9.10. The molecule has 0 aliphatic heterocycles. The standard InChI is InChI=1S/C12H14BrN3/c1-3-4-11-14-5-6-16(11)12-7-9(2)10(13)8-15-12/h5-8H,3-4H2,1-2H3. The highest BCUT2D eigenvalue weighted by atomic mass is 79.9. The van der Waals surface area contributed by atoms with E-state index in [-0.39, 0.29) is 0 Å². The molecule has 84 valence electrons. The van der Waals surface area contributed by atoms with Crippen molar-refractivity contribution in [2.45, 2.75) is 26.7 Å². The molecule has 3 nitrogen and oxygen atoms in total. The summed E-state index contributed by atoms with van der Waals surface area (Å²) in [5, 5.41) is 0. The summed E-state index contributed by atoms with van der Waals surface area (Å²) >= 11 is 3.45. The van der Waals surface area contributed by atoms with Crippen molar-refractivity contribution < 1.29 is 0 Å². The van der Waals surface area contributed by atoms with Crippen molar-refractivity contribution >= 4 is 15.9 Å². The molecule has 0 aliphatic rings. The van der Waals surface area contributed by atoms with Gasteiger partial charge >= 0.3 is 0 Å². The number of aromatic nitrogens is 3. The molecule has 0 bridgehead atoms. The van der Waals surface area contributed by atoms with Crippen LogP contribution in [0.3, 0.4) is 0 Å². The topological polar surface area (TPSA) is 30.7 Å². The highest BCUT2D eigenvalue weighted by Crippen LogP contribution is 2.18. The van der Waals surface area contributed by atoms with Crippen LogP contribution in [0.5, 0.6) is 0 Å². The summed E-state index contributed by atoms with van der Waals surface area (Å²) in [6.45, 7) is 4.21. The van der Waals surface area contributed by atoms with Gasteiger partial charge in [-0.25, -0.2) is 9.97 Å². The van der Waals surface area contributed by atoms with E-state index in [9.17, 15) is 0 Å². The lowest BCUT2D eigenvalue weighted by atomic mass is 10.3. The molecule has 2 heterocycles. The Hall–Kier alpha value is -1.16. The molecule has 4 heteroatoms. The van der Waals surface area contributed by atoms with Crippen LogP contribution in [-0.4, -0.2) is 14.5 Å². The molecular formula is C12H14BrN3. The number of hydrogen-bond donors (Lipinski definition) is 0. The number of aryl methyl sites for hydroxylation is 2. The van der Waals surface area contributed by atoms with Gasteiger partial charge in [-0.1, -0.05) is 6.92 Å². The summed E-state index contributed by atoms with van der Waals surface area (Å²) in [5.74, 6) is 2.00. The molecule has 0 spiro atoms. The van der Waals surface area contributed by atoms with Crippen LogP contribution in [0, 0.1) is 6.92 Å². The third kappa shape index (κ3) is 2.16. The monoisotopic (exact) mass is 279 g/mol. The summed E-state index contributed by atoms with van der Waals surface area (Å²) < 4.78 is 3.08. The Morgan fingerprint density at radius 2 is 2.19 bits per heavy atom. The third-order valence-corrected chi connectivity index (χ3v) is 3.30. The van der Waals surface area contributed by atoms with Gasteiger partial charge in [-0.05, 0) is 40.9 Å². The van der Waals surface area contributed by atoms with Gasteiger partial charge in [-0.2, -0.15) is 0 Å². The van der Waals surface area contributed by atoms with Crippen molar-refractivity contribution in [1.82, 2.24) is 14.5 Å². The van der Waals surface area contributed by atoms with E-state index in [2.05, 4.69) is 45.8 Å². The van der Waals surface area contributed by atoms with Gasteiger partial charge < -0.3 is 0 Å². The maximum atomic E-state index is 4.40. The molecule has 0 atom stereocenters. The molecule has 16 heavy (non-hydrogen) atoms. The van der Waals surface area contributed by atoms with Crippen LogP contribution >= 0.6 is 15.9 Å². The first-order chi connectivity index (χ1) is 7.72. The zero-order valence-electron chi connectivity index (χ0n) is 9.44. The van der Waals surface area contributed by atoms with Crippen molar-refractivity contribution in [3.63, 3.8) is 0 Å². The molecule has 0 saturated heterocycles. The fourth-order valence-electron chi connectivity index (χ4n) is 1.61. The number of pyridine rings is 1. The van der Waals surface area contributed by atoms with E-state index in [4.69, 9.17) is 0 Å². The van der Waals surface area contributed by atoms with E-state index in [0.717, 1.165) is 29.0 Å². The van der Waals surface area contributed by atoms with Crippen molar-refractivity contribution in [2.75, 3.05) is 0 Å². The van der Waals surface area contributed by atoms with E-state index in [1.54, 1.807) is 0 Å². The maximum absolute atomic E-state index is 4.40. The number of halogens is 1. The lowest BCUT2D eigenvalue weighted by molar-refractivity contribution is 0.797. The van der Waals surface area contributed by atoms with E-state index < -0.39 is 0 Å². The summed E-state index contributed by atoms with van der Waals surface area (Å²) in [6.07, 6.45) is 7.68. The first-order valence-electron chi connectivity index (χ1n) is 5.37. The predicted octanol–water partition coefficient (Wildman–Crippen LogP) is 3.29. The Morgan fingerprint density at radius 1 is 1.38 bits per heavy atom. The number of nitrogens with zero attached hydrogens (tertiary/aromatic N) is 3. The third-order valence-electron chi connectivity index (χ3n) is 2.47. The van der Waals surface area contributed by atoms with Gasteiger partial charge in [-0.15, -0.1) is 0 Å². The molecule has 0 aromatic carbocycles. The number of rotatable bonds is 3. The SMILES string of the molecule is CCCc1nccn1-c1cc(C)c(Br)cn1. The van der Waals surface area contributed by atoms with Gasteiger partial charge in [0.05, 0.1) is 0 Å². The second-order valence-electron chi connectivity index (χ2n) is 3.76. The molecule has 0 aliphatic carbocycles. The average Bonchev–Trinajstić information content (AvgIpc) is 2.71. The molecule has 0 amide bonds. The van der Waals surface area contributed by atoms with Gasteiger partial charge in [0.1, 0.15) is 11.6 Å². The lowest BCUT2D eigenvalue weighted by Crippen LogP contribution is -2.02. The summed E-state index contributed by atoms with van der Waals surface area (Å²) in [5.41, 5.74) is 1.18. The molecule has 2 aromatic rings. The van der Waals surface area contributed by atoms with Gasteiger partial charge in [-0.3, -0.25) is 4.57 Å². The van der Waals surface area contributed by atoms with Crippen molar-refractivity contribution in [3.8, 4) is 5.82 Å². The molecule has 0 N–H and O–H groups in total. The van der Waals surface area contributed by atoms with E-state index in [1.807, 2.05) is 23.2 Å². The minimum atomic E-state index is 0.932.